The summed E-state index contributed by atoms with van der Waals surface area (Å²) in [6.07, 6.45) is 1.09. The Labute approximate surface area is 147 Å². The summed E-state index contributed by atoms with van der Waals surface area (Å²) in [7, 11) is -3.26. The third kappa shape index (κ3) is 6.39. The Hall–Kier alpha value is -2.67. The Morgan fingerprint density at radius 3 is 2.08 bits per heavy atom. The highest BCUT2D eigenvalue weighted by molar-refractivity contribution is 7.90. The molecule has 0 unspecified atom stereocenters. The zero-order valence-corrected chi connectivity index (χ0v) is 14.6. The highest BCUT2D eigenvalue weighted by Gasteiger charge is 2.23. The van der Waals surface area contributed by atoms with Gasteiger partial charge in [0.1, 0.15) is 15.9 Å². The van der Waals surface area contributed by atoms with E-state index < -0.39 is 27.7 Å². The van der Waals surface area contributed by atoms with Gasteiger partial charge in [0.25, 0.3) is 5.91 Å². The lowest BCUT2D eigenvalue weighted by molar-refractivity contribution is -0.118. The summed E-state index contributed by atoms with van der Waals surface area (Å²) < 4.78 is 22.9. The summed E-state index contributed by atoms with van der Waals surface area (Å²) in [5, 5.41) is 5.30. The number of carbonyl (C=O) groups is 2. The molecule has 6 nitrogen and oxygen atoms in total. The van der Waals surface area contributed by atoms with Crippen LogP contribution in [0.1, 0.15) is 16.8 Å². The topological polar surface area (TPSA) is 92.3 Å². The van der Waals surface area contributed by atoms with Crippen LogP contribution in [0, 0.1) is 0 Å². The predicted octanol–water partition coefficient (Wildman–Crippen LogP) is 1.86. The number of sulfone groups is 1. The number of amides is 2. The Morgan fingerprint density at radius 2 is 1.52 bits per heavy atom. The summed E-state index contributed by atoms with van der Waals surface area (Å²) in [5.74, 6) is -1.09. The average molecular weight is 360 g/mol. The number of benzene rings is 2. The van der Waals surface area contributed by atoms with E-state index in [1.54, 1.807) is 54.6 Å². The Kier molecular flexibility index (Phi) is 6.30. The molecule has 7 heteroatoms. The lowest BCUT2D eigenvalue weighted by atomic mass is 10.1. The summed E-state index contributed by atoms with van der Waals surface area (Å²) in [5.41, 5.74) is 0.977. The van der Waals surface area contributed by atoms with Gasteiger partial charge in [-0.15, -0.1) is 0 Å². The van der Waals surface area contributed by atoms with E-state index in [2.05, 4.69) is 10.6 Å². The first-order chi connectivity index (χ1) is 11.8. The van der Waals surface area contributed by atoms with Crippen molar-refractivity contribution in [3.05, 3.63) is 66.2 Å². The molecular weight excluding hydrogens is 340 g/mol. The molecule has 1 atom stereocenters. The quantitative estimate of drug-likeness (QED) is 0.788. The maximum Gasteiger partial charge on any atom is 0.251 e. The smallest absolute Gasteiger partial charge is 0.251 e. The van der Waals surface area contributed by atoms with Crippen molar-refractivity contribution in [1.29, 1.82) is 0 Å². The number of hydrogen-bond donors (Lipinski definition) is 2. The molecule has 0 aliphatic rings. The van der Waals surface area contributed by atoms with Crippen LogP contribution in [0.4, 0.5) is 5.69 Å². The van der Waals surface area contributed by atoms with Crippen LogP contribution in [0.3, 0.4) is 0 Å². The van der Waals surface area contributed by atoms with Gasteiger partial charge in [0.2, 0.25) is 5.91 Å². The van der Waals surface area contributed by atoms with Gasteiger partial charge >= 0.3 is 0 Å². The van der Waals surface area contributed by atoms with Crippen LogP contribution in [0.15, 0.2) is 60.7 Å². The van der Waals surface area contributed by atoms with Crippen LogP contribution in [0.2, 0.25) is 0 Å². The van der Waals surface area contributed by atoms with Gasteiger partial charge in [-0.2, -0.15) is 0 Å². The summed E-state index contributed by atoms with van der Waals surface area (Å²) in [4.78, 5) is 24.8. The van der Waals surface area contributed by atoms with Crippen molar-refractivity contribution >= 4 is 27.3 Å². The van der Waals surface area contributed by atoms with Crippen molar-refractivity contribution < 1.29 is 18.0 Å². The van der Waals surface area contributed by atoms with E-state index in [1.807, 2.05) is 6.07 Å². The third-order valence-electron chi connectivity index (χ3n) is 3.48. The second-order valence-corrected chi connectivity index (χ2v) is 7.93. The molecule has 0 aliphatic carbocycles. The fourth-order valence-electron chi connectivity index (χ4n) is 2.18. The molecule has 0 heterocycles. The molecule has 2 rings (SSSR count). The van der Waals surface area contributed by atoms with Crippen molar-refractivity contribution in [2.75, 3.05) is 17.3 Å². The van der Waals surface area contributed by atoms with Crippen molar-refractivity contribution in [2.24, 2.45) is 0 Å². The number of nitrogens with one attached hydrogen (secondary N) is 2. The van der Waals surface area contributed by atoms with Gasteiger partial charge < -0.3 is 10.6 Å². The highest BCUT2D eigenvalue weighted by atomic mass is 32.2. The minimum Gasteiger partial charge on any atom is -0.340 e. The molecule has 0 aliphatic heterocycles. The SMILES string of the molecule is CS(=O)(=O)CC[C@H](NC(=O)c1ccccc1)C(=O)Nc1ccccc1. The fourth-order valence-corrected chi connectivity index (χ4v) is 2.85. The van der Waals surface area contributed by atoms with E-state index >= 15 is 0 Å². The molecule has 25 heavy (non-hydrogen) atoms. The molecule has 2 aromatic rings. The van der Waals surface area contributed by atoms with E-state index in [9.17, 15) is 18.0 Å². The van der Waals surface area contributed by atoms with Crippen molar-refractivity contribution in [2.45, 2.75) is 12.5 Å². The minimum absolute atomic E-state index is 0.00390. The highest BCUT2D eigenvalue weighted by Crippen LogP contribution is 2.08. The normalized spacial score (nSPS) is 12.2. The largest absolute Gasteiger partial charge is 0.340 e. The Balaban J connectivity index is 2.11. The number of para-hydroxylation sites is 1. The third-order valence-corrected chi connectivity index (χ3v) is 4.45. The number of hydrogen-bond acceptors (Lipinski definition) is 4. The summed E-state index contributed by atoms with van der Waals surface area (Å²) >= 11 is 0. The van der Waals surface area contributed by atoms with Gasteiger partial charge in [-0.05, 0) is 30.7 Å². The van der Waals surface area contributed by atoms with E-state index in [1.165, 1.54) is 0 Å². The van der Waals surface area contributed by atoms with Crippen LogP contribution in [0.5, 0.6) is 0 Å². The lowest BCUT2D eigenvalue weighted by Gasteiger charge is -2.18. The van der Waals surface area contributed by atoms with Gasteiger partial charge in [0, 0.05) is 17.5 Å². The first-order valence-electron chi connectivity index (χ1n) is 7.75. The molecule has 132 valence electrons. The summed E-state index contributed by atoms with van der Waals surface area (Å²) in [6, 6.07) is 16.3. The van der Waals surface area contributed by atoms with Gasteiger partial charge in [0.05, 0.1) is 5.75 Å². The first-order valence-corrected chi connectivity index (χ1v) is 9.81. The molecule has 2 N–H and O–H groups in total. The molecule has 0 spiro atoms. The van der Waals surface area contributed by atoms with E-state index in [0.29, 0.717) is 11.3 Å². The monoisotopic (exact) mass is 360 g/mol. The first kappa shape index (κ1) is 18.7. The van der Waals surface area contributed by atoms with E-state index in [4.69, 9.17) is 0 Å². The van der Waals surface area contributed by atoms with Crippen LogP contribution >= 0.6 is 0 Å². The van der Waals surface area contributed by atoms with E-state index in [-0.39, 0.29) is 12.2 Å². The van der Waals surface area contributed by atoms with Crippen LogP contribution < -0.4 is 10.6 Å². The standard InChI is InChI=1S/C18H20N2O4S/c1-25(23,24)13-12-16(18(22)19-15-10-6-3-7-11-15)20-17(21)14-8-4-2-5-9-14/h2-11,16H,12-13H2,1H3,(H,19,22)(H,20,21)/t16-/m0/s1. The molecule has 0 radical (unpaired) electrons. The molecule has 0 saturated carbocycles. The van der Waals surface area contributed by atoms with Crippen LogP contribution in [-0.4, -0.2) is 38.3 Å². The zero-order valence-electron chi connectivity index (χ0n) is 13.8. The second kappa shape index (κ2) is 8.43. The number of carbonyl (C=O) groups excluding carboxylic acids is 2. The number of anilines is 1. The zero-order chi connectivity index (χ0) is 18.3. The van der Waals surface area contributed by atoms with Crippen molar-refractivity contribution in [1.82, 2.24) is 5.32 Å². The van der Waals surface area contributed by atoms with Crippen LogP contribution in [0.25, 0.3) is 0 Å². The Morgan fingerprint density at radius 1 is 0.960 bits per heavy atom. The molecule has 0 aromatic heterocycles. The lowest BCUT2D eigenvalue weighted by Crippen LogP contribution is -2.44. The fraction of sp³-hybridized carbons (Fsp3) is 0.222. The maximum atomic E-state index is 12.5. The summed E-state index contributed by atoms with van der Waals surface area (Å²) in [6.45, 7) is 0. The van der Waals surface area contributed by atoms with Crippen molar-refractivity contribution in [3.8, 4) is 0 Å². The molecule has 0 saturated heterocycles. The predicted molar refractivity (Wildman–Crippen MR) is 97.1 cm³/mol. The van der Waals surface area contributed by atoms with Gasteiger partial charge in [-0.1, -0.05) is 36.4 Å². The van der Waals surface area contributed by atoms with Gasteiger partial charge in [-0.25, -0.2) is 8.42 Å². The second-order valence-electron chi connectivity index (χ2n) is 5.67. The van der Waals surface area contributed by atoms with Crippen LogP contribution in [-0.2, 0) is 14.6 Å². The molecule has 0 fully saturated rings. The van der Waals surface area contributed by atoms with Crippen molar-refractivity contribution in [3.63, 3.8) is 0 Å². The maximum absolute atomic E-state index is 12.5. The molecule has 2 amide bonds. The number of rotatable bonds is 7. The molecular formula is C18H20N2O4S. The minimum atomic E-state index is -3.26. The molecule has 0 bridgehead atoms. The van der Waals surface area contributed by atoms with Gasteiger partial charge in [0.15, 0.2) is 0 Å². The molecule has 2 aromatic carbocycles. The average Bonchev–Trinajstić information content (AvgIpc) is 2.59. The van der Waals surface area contributed by atoms with E-state index in [0.717, 1.165) is 6.26 Å². The Bertz CT molecular complexity index is 821. The van der Waals surface area contributed by atoms with Gasteiger partial charge in [-0.3, -0.25) is 9.59 Å².